The van der Waals surface area contributed by atoms with E-state index >= 15 is 0 Å². The van der Waals surface area contributed by atoms with Gasteiger partial charge in [0.05, 0.1) is 0 Å². The summed E-state index contributed by atoms with van der Waals surface area (Å²) >= 11 is 3.54. The first-order chi connectivity index (χ1) is 9.99. The molecule has 0 aliphatic heterocycles. The highest BCUT2D eigenvalue weighted by atomic mass is 79.9. The molecule has 0 radical (unpaired) electrons. The van der Waals surface area contributed by atoms with Gasteiger partial charge in [-0.25, -0.2) is 0 Å². The summed E-state index contributed by atoms with van der Waals surface area (Å²) in [5.41, 5.74) is 3.58. The van der Waals surface area contributed by atoms with Crippen LogP contribution in [-0.4, -0.2) is 6.54 Å². The molecule has 1 unspecified atom stereocenters. The SMILES string of the molecule is CCNC(C)c1cc(Br)ccc1Oc1cc(C)cc(C)c1. The summed E-state index contributed by atoms with van der Waals surface area (Å²) in [5.74, 6) is 1.79. The standard InChI is InChI=1S/C18H22BrNO/c1-5-20-14(4)17-11-15(19)6-7-18(17)21-16-9-12(2)8-13(3)10-16/h6-11,14,20H,5H2,1-4H3. The fourth-order valence-corrected chi connectivity index (χ4v) is 2.86. The summed E-state index contributed by atoms with van der Waals surface area (Å²) in [6.45, 7) is 9.36. The molecule has 0 amide bonds. The lowest BCUT2D eigenvalue weighted by molar-refractivity contribution is 0.462. The van der Waals surface area contributed by atoms with Crippen molar-refractivity contribution >= 4 is 15.9 Å². The van der Waals surface area contributed by atoms with Crippen molar-refractivity contribution < 1.29 is 4.74 Å². The summed E-state index contributed by atoms with van der Waals surface area (Å²) in [4.78, 5) is 0. The van der Waals surface area contributed by atoms with Gasteiger partial charge >= 0.3 is 0 Å². The van der Waals surface area contributed by atoms with Gasteiger partial charge in [-0.15, -0.1) is 0 Å². The molecule has 0 saturated carbocycles. The van der Waals surface area contributed by atoms with Crippen LogP contribution in [0.25, 0.3) is 0 Å². The van der Waals surface area contributed by atoms with E-state index in [-0.39, 0.29) is 6.04 Å². The van der Waals surface area contributed by atoms with Crippen molar-refractivity contribution in [3.63, 3.8) is 0 Å². The molecule has 0 aromatic heterocycles. The Morgan fingerprint density at radius 1 is 1.10 bits per heavy atom. The number of aryl methyl sites for hydroxylation is 2. The zero-order valence-corrected chi connectivity index (χ0v) is 14.6. The number of nitrogens with one attached hydrogen (secondary N) is 1. The second-order valence-electron chi connectivity index (χ2n) is 5.39. The summed E-state index contributed by atoms with van der Waals surface area (Å²) in [5, 5.41) is 3.44. The molecule has 112 valence electrons. The first-order valence-corrected chi connectivity index (χ1v) is 8.08. The molecule has 3 heteroatoms. The average Bonchev–Trinajstić information content (AvgIpc) is 2.40. The molecule has 1 N–H and O–H groups in total. The predicted octanol–water partition coefficient (Wildman–Crippen LogP) is 5.53. The van der Waals surface area contributed by atoms with Gasteiger partial charge in [-0.2, -0.15) is 0 Å². The molecule has 2 aromatic carbocycles. The zero-order valence-electron chi connectivity index (χ0n) is 13.0. The Kier molecular flexibility index (Phi) is 5.43. The third-order valence-corrected chi connectivity index (χ3v) is 3.86. The third kappa shape index (κ3) is 4.32. The fraction of sp³-hybridized carbons (Fsp3) is 0.333. The quantitative estimate of drug-likeness (QED) is 0.767. The maximum Gasteiger partial charge on any atom is 0.132 e. The molecular weight excluding hydrogens is 326 g/mol. The van der Waals surface area contributed by atoms with Gasteiger partial charge in [0, 0.05) is 16.1 Å². The molecule has 0 aliphatic carbocycles. The van der Waals surface area contributed by atoms with Crippen LogP contribution in [0.5, 0.6) is 11.5 Å². The normalized spacial score (nSPS) is 12.2. The minimum absolute atomic E-state index is 0.244. The van der Waals surface area contributed by atoms with Crippen molar-refractivity contribution in [1.82, 2.24) is 5.32 Å². The van der Waals surface area contributed by atoms with E-state index in [9.17, 15) is 0 Å². The smallest absolute Gasteiger partial charge is 0.132 e. The molecule has 2 rings (SSSR count). The van der Waals surface area contributed by atoms with Crippen molar-refractivity contribution in [1.29, 1.82) is 0 Å². The monoisotopic (exact) mass is 347 g/mol. The molecule has 0 aliphatic rings. The van der Waals surface area contributed by atoms with Crippen molar-refractivity contribution in [2.75, 3.05) is 6.54 Å². The molecule has 2 aromatic rings. The van der Waals surface area contributed by atoms with Crippen LogP contribution in [0.3, 0.4) is 0 Å². The third-order valence-electron chi connectivity index (χ3n) is 3.37. The van der Waals surface area contributed by atoms with E-state index in [1.54, 1.807) is 0 Å². The number of ether oxygens (including phenoxy) is 1. The van der Waals surface area contributed by atoms with Gasteiger partial charge in [-0.05, 0) is 68.8 Å². The number of benzene rings is 2. The Morgan fingerprint density at radius 2 is 1.76 bits per heavy atom. The molecule has 21 heavy (non-hydrogen) atoms. The Morgan fingerprint density at radius 3 is 2.38 bits per heavy atom. The molecule has 0 bridgehead atoms. The van der Waals surface area contributed by atoms with Gasteiger partial charge in [0.25, 0.3) is 0 Å². The first kappa shape index (κ1) is 16.1. The second kappa shape index (κ2) is 7.10. The summed E-state index contributed by atoms with van der Waals surface area (Å²) in [7, 11) is 0. The number of hydrogen-bond acceptors (Lipinski definition) is 2. The lowest BCUT2D eigenvalue weighted by Gasteiger charge is -2.18. The predicted molar refractivity (Wildman–Crippen MR) is 92.2 cm³/mol. The minimum Gasteiger partial charge on any atom is -0.457 e. The lowest BCUT2D eigenvalue weighted by Crippen LogP contribution is -2.18. The molecule has 0 saturated heterocycles. The highest BCUT2D eigenvalue weighted by Crippen LogP contribution is 2.32. The van der Waals surface area contributed by atoms with Crippen molar-refractivity contribution in [3.05, 3.63) is 57.6 Å². The van der Waals surface area contributed by atoms with Crippen molar-refractivity contribution in [2.24, 2.45) is 0 Å². The maximum atomic E-state index is 6.13. The highest BCUT2D eigenvalue weighted by Gasteiger charge is 2.12. The van der Waals surface area contributed by atoms with Crippen LogP contribution in [-0.2, 0) is 0 Å². The van der Waals surface area contributed by atoms with Crippen molar-refractivity contribution in [3.8, 4) is 11.5 Å². The van der Waals surface area contributed by atoms with Crippen molar-refractivity contribution in [2.45, 2.75) is 33.7 Å². The van der Waals surface area contributed by atoms with Crippen LogP contribution in [0, 0.1) is 13.8 Å². The molecule has 0 fully saturated rings. The van der Waals surface area contributed by atoms with Crippen LogP contribution < -0.4 is 10.1 Å². The second-order valence-corrected chi connectivity index (χ2v) is 6.30. The van der Waals surface area contributed by atoms with E-state index in [0.29, 0.717) is 0 Å². The van der Waals surface area contributed by atoms with E-state index in [2.05, 4.69) is 73.2 Å². The van der Waals surface area contributed by atoms with Crippen LogP contribution in [0.1, 0.15) is 36.6 Å². The Bertz CT molecular complexity index is 604. The van der Waals surface area contributed by atoms with E-state index in [1.165, 1.54) is 11.1 Å². The Balaban J connectivity index is 2.34. The van der Waals surface area contributed by atoms with Gasteiger partial charge in [0.2, 0.25) is 0 Å². The lowest BCUT2D eigenvalue weighted by atomic mass is 10.1. The van der Waals surface area contributed by atoms with Gasteiger partial charge in [-0.3, -0.25) is 0 Å². The first-order valence-electron chi connectivity index (χ1n) is 7.28. The molecule has 1 atom stereocenters. The number of halogens is 1. The minimum atomic E-state index is 0.244. The molecule has 2 nitrogen and oxygen atoms in total. The largest absolute Gasteiger partial charge is 0.457 e. The van der Waals surface area contributed by atoms with E-state index in [1.807, 2.05) is 12.1 Å². The number of hydrogen-bond donors (Lipinski definition) is 1. The van der Waals surface area contributed by atoms with E-state index in [0.717, 1.165) is 28.1 Å². The summed E-state index contributed by atoms with van der Waals surface area (Å²) in [6, 6.07) is 12.7. The zero-order chi connectivity index (χ0) is 15.4. The van der Waals surface area contributed by atoms with Crippen LogP contribution in [0.4, 0.5) is 0 Å². The molecule has 0 spiro atoms. The van der Waals surface area contributed by atoms with Crippen LogP contribution >= 0.6 is 15.9 Å². The molecule has 0 heterocycles. The summed E-state index contributed by atoms with van der Waals surface area (Å²) in [6.07, 6.45) is 0. The van der Waals surface area contributed by atoms with Gasteiger partial charge in [0.1, 0.15) is 11.5 Å². The maximum absolute atomic E-state index is 6.13. The van der Waals surface area contributed by atoms with Crippen LogP contribution in [0.15, 0.2) is 40.9 Å². The highest BCUT2D eigenvalue weighted by molar-refractivity contribution is 9.10. The van der Waals surface area contributed by atoms with Crippen LogP contribution in [0.2, 0.25) is 0 Å². The number of rotatable bonds is 5. The summed E-state index contributed by atoms with van der Waals surface area (Å²) < 4.78 is 7.20. The fourth-order valence-electron chi connectivity index (χ4n) is 2.49. The topological polar surface area (TPSA) is 21.3 Å². The Labute approximate surface area is 135 Å². The van der Waals surface area contributed by atoms with E-state index in [4.69, 9.17) is 4.74 Å². The molecular formula is C18H22BrNO. The Hall–Kier alpha value is -1.32. The van der Waals surface area contributed by atoms with Gasteiger partial charge < -0.3 is 10.1 Å². The van der Waals surface area contributed by atoms with Gasteiger partial charge in [0.15, 0.2) is 0 Å². The van der Waals surface area contributed by atoms with E-state index < -0.39 is 0 Å². The van der Waals surface area contributed by atoms with Gasteiger partial charge in [-0.1, -0.05) is 28.9 Å². The average molecular weight is 348 g/mol.